The first-order valence-electron chi connectivity index (χ1n) is 10.4. The van der Waals surface area contributed by atoms with Crippen LogP contribution in [0.3, 0.4) is 0 Å². The van der Waals surface area contributed by atoms with Gasteiger partial charge in [-0.3, -0.25) is 9.42 Å². The van der Waals surface area contributed by atoms with E-state index < -0.39 is 20.7 Å². The first kappa shape index (κ1) is 25.2. The van der Waals surface area contributed by atoms with Gasteiger partial charge in [-0.2, -0.15) is 0 Å². The molecule has 0 aliphatic heterocycles. The van der Waals surface area contributed by atoms with E-state index in [0.29, 0.717) is 22.6 Å². The summed E-state index contributed by atoms with van der Waals surface area (Å²) in [6.45, 7) is -0.229. The van der Waals surface area contributed by atoms with Crippen molar-refractivity contribution in [2.24, 2.45) is 0 Å². The molecule has 0 unspecified atom stereocenters. The first-order valence-corrected chi connectivity index (χ1v) is 12.7. The number of halogens is 1. The highest BCUT2D eigenvalue weighted by Crippen LogP contribution is 2.26. The highest BCUT2D eigenvalue weighted by Gasteiger charge is 2.35. The summed E-state index contributed by atoms with van der Waals surface area (Å²) in [6.07, 6.45) is 0. The number of carbonyl (C=O) groups is 1. The molecule has 36 heavy (non-hydrogen) atoms. The number of hydrogen-bond donors (Lipinski definition) is 0. The second-order valence-electron chi connectivity index (χ2n) is 7.29. The molecule has 0 atom stereocenters. The molecule has 0 spiro atoms. The van der Waals surface area contributed by atoms with Crippen molar-refractivity contribution in [3.63, 3.8) is 0 Å². The minimum atomic E-state index is -4.23. The van der Waals surface area contributed by atoms with E-state index in [4.69, 9.17) is 14.2 Å². The SMILES string of the molecule is COc1cc(OCCOc2no[n+]([O-])c2S(=O)(=O)c2ccccc2)cc(C(=O)c2ccc(Br)cc2)c1. The third kappa shape index (κ3) is 5.50. The number of ketones is 1. The molecule has 0 radical (unpaired) electrons. The molecule has 0 saturated carbocycles. The van der Waals surface area contributed by atoms with Crippen LogP contribution < -0.4 is 19.1 Å². The second kappa shape index (κ2) is 10.8. The van der Waals surface area contributed by atoms with E-state index in [-0.39, 0.29) is 28.8 Å². The van der Waals surface area contributed by atoms with Crippen molar-refractivity contribution in [2.45, 2.75) is 9.92 Å². The Kier molecular flexibility index (Phi) is 7.55. The van der Waals surface area contributed by atoms with E-state index in [2.05, 4.69) is 25.7 Å². The minimum absolute atomic E-state index is 0.0599. The van der Waals surface area contributed by atoms with E-state index in [9.17, 15) is 18.4 Å². The molecule has 0 aliphatic rings. The Balaban J connectivity index is 1.45. The van der Waals surface area contributed by atoms with Gasteiger partial charge in [0.2, 0.25) is 0 Å². The zero-order valence-electron chi connectivity index (χ0n) is 18.8. The van der Waals surface area contributed by atoms with Crippen molar-refractivity contribution in [3.8, 4) is 17.4 Å². The largest absolute Gasteiger partial charge is 0.497 e. The average Bonchev–Trinajstić information content (AvgIpc) is 3.27. The van der Waals surface area contributed by atoms with Crippen molar-refractivity contribution < 1.29 is 37.0 Å². The monoisotopic (exact) mass is 574 g/mol. The molecule has 4 aromatic rings. The summed E-state index contributed by atoms with van der Waals surface area (Å²) < 4.78 is 47.3. The molecule has 3 aromatic carbocycles. The van der Waals surface area contributed by atoms with Gasteiger partial charge in [0.25, 0.3) is 9.84 Å². The molecule has 4 rings (SSSR count). The van der Waals surface area contributed by atoms with Gasteiger partial charge in [-0.25, -0.2) is 8.42 Å². The van der Waals surface area contributed by atoms with Crippen LogP contribution >= 0.6 is 15.9 Å². The minimum Gasteiger partial charge on any atom is -0.497 e. The third-order valence-electron chi connectivity index (χ3n) is 4.93. The summed E-state index contributed by atoms with van der Waals surface area (Å²) in [5, 5.41) is 14.6. The highest BCUT2D eigenvalue weighted by atomic mass is 79.9. The molecule has 186 valence electrons. The van der Waals surface area contributed by atoms with Gasteiger partial charge >= 0.3 is 10.9 Å². The molecule has 0 N–H and O–H groups in total. The lowest BCUT2D eigenvalue weighted by molar-refractivity contribution is -0.832. The van der Waals surface area contributed by atoms with Gasteiger partial charge < -0.3 is 19.4 Å². The lowest BCUT2D eigenvalue weighted by Gasteiger charge is -2.10. The standard InChI is InChI=1S/C24H19BrN2O8S/c1-32-19-13-17(22(28)16-7-9-18(25)10-8-16)14-20(15-19)33-11-12-34-23-24(27(29)35-26-23)36(30,31)21-5-3-2-4-6-21/h2-10,13-15H,11-12H2,1H3. The van der Waals surface area contributed by atoms with Crippen molar-refractivity contribution in [1.82, 2.24) is 5.16 Å². The molecule has 0 amide bonds. The van der Waals surface area contributed by atoms with Crippen molar-refractivity contribution >= 4 is 31.6 Å². The summed E-state index contributed by atoms with van der Waals surface area (Å²) in [5.41, 5.74) is 0.845. The van der Waals surface area contributed by atoms with Crippen LogP contribution in [0.5, 0.6) is 17.4 Å². The Morgan fingerprint density at radius 1 is 0.972 bits per heavy atom. The molecule has 0 aliphatic carbocycles. The predicted octanol–water partition coefficient (Wildman–Crippen LogP) is 3.60. The molecule has 0 saturated heterocycles. The summed E-state index contributed by atoms with van der Waals surface area (Å²) in [6, 6.07) is 19.0. The summed E-state index contributed by atoms with van der Waals surface area (Å²) in [5.74, 6) is 0.0265. The predicted molar refractivity (Wildman–Crippen MR) is 129 cm³/mol. The Morgan fingerprint density at radius 3 is 2.33 bits per heavy atom. The van der Waals surface area contributed by atoms with Gasteiger partial charge in [0, 0.05) is 21.7 Å². The van der Waals surface area contributed by atoms with E-state index in [1.165, 1.54) is 31.4 Å². The fourth-order valence-electron chi connectivity index (χ4n) is 3.21. The second-order valence-corrected chi connectivity index (χ2v) is 10.1. The maximum Gasteiger partial charge on any atom is 0.415 e. The van der Waals surface area contributed by atoms with Crippen LogP contribution in [0.4, 0.5) is 0 Å². The Labute approximate surface area is 214 Å². The van der Waals surface area contributed by atoms with E-state index in [1.54, 1.807) is 48.5 Å². The van der Waals surface area contributed by atoms with Crippen LogP contribution in [-0.2, 0) is 9.84 Å². The molecule has 1 aromatic heterocycles. The van der Waals surface area contributed by atoms with E-state index >= 15 is 0 Å². The number of nitrogens with zero attached hydrogens (tertiary/aromatic N) is 2. The van der Waals surface area contributed by atoms with Crippen LogP contribution in [0.1, 0.15) is 15.9 Å². The number of carbonyl (C=O) groups excluding carboxylic acids is 1. The summed E-state index contributed by atoms with van der Waals surface area (Å²) >= 11 is 3.34. The Morgan fingerprint density at radius 2 is 1.64 bits per heavy atom. The molecule has 12 heteroatoms. The maximum absolute atomic E-state index is 12.9. The van der Waals surface area contributed by atoms with Gasteiger partial charge in [-0.05, 0) is 53.4 Å². The molecule has 10 nitrogen and oxygen atoms in total. The van der Waals surface area contributed by atoms with Crippen LogP contribution in [0.25, 0.3) is 0 Å². The van der Waals surface area contributed by atoms with Gasteiger partial charge in [0.1, 0.15) is 24.7 Å². The molecule has 1 heterocycles. The van der Waals surface area contributed by atoms with Crippen molar-refractivity contribution in [3.05, 3.63) is 93.6 Å². The average molecular weight is 575 g/mol. The van der Waals surface area contributed by atoms with Crippen LogP contribution in [0.15, 0.2) is 91.8 Å². The van der Waals surface area contributed by atoms with E-state index in [1.807, 2.05) is 0 Å². The fourth-order valence-corrected chi connectivity index (χ4v) is 4.77. The van der Waals surface area contributed by atoms with Crippen LogP contribution in [0, 0.1) is 5.21 Å². The number of benzene rings is 3. The zero-order valence-corrected chi connectivity index (χ0v) is 21.2. The highest BCUT2D eigenvalue weighted by molar-refractivity contribution is 9.10. The van der Waals surface area contributed by atoms with Crippen LogP contribution in [-0.4, -0.2) is 39.7 Å². The zero-order chi connectivity index (χ0) is 25.7. The van der Waals surface area contributed by atoms with Gasteiger partial charge in [0.05, 0.1) is 17.2 Å². The van der Waals surface area contributed by atoms with E-state index in [0.717, 1.165) is 4.47 Å². The molecular formula is C24H19BrN2O8S. The Hall–Kier alpha value is -3.90. The molecule has 0 fully saturated rings. The van der Waals surface area contributed by atoms with Crippen molar-refractivity contribution in [2.75, 3.05) is 20.3 Å². The Bertz CT molecular complexity index is 1470. The van der Waals surface area contributed by atoms with Crippen LogP contribution in [0.2, 0.25) is 0 Å². The lowest BCUT2D eigenvalue weighted by Crippen LogP contribution is -2.31. The topological polar surface area (TPSA) is 132 Å². The number of aromatic nitrogens is 2. The first-order chi connectivity index (χ1) is 17.3. The number of ether oxygens (including phenoxy) is 3. The number of rotatable bonds is 10. The maximum atomic E-state index is 12.9. The fraction of sp³-hybridized carbons (Fsp3) is 0.125. The van der Waals surface area contributed by atoms with Gasteiger partial charge in [0.15, 0.2) is 5.78 Å². The summed E-state index contributed by atoms with van der Waals surface area (Å²) in [7, 11) is -2.76. The smallest absolute Gasteiger partial charge is 0.415 e. The van der Waals surface area contributed by atoms with Gasteiger partial charge in [-0.1, -0.05) is 34.1 Å². The normalized spacial score (nSPS) is 11.2. The number of sulfone groups is 1. The summed E-state index contributed by atoms with van der Waals surface area (Å²) in [4.78, 5) is 12.6. The van der Waals surface area contributed by atoms with Crippen molar-refractivity contribution in [1.29, 1.82) is 0 Å². The lowest BCUT2D eigenvalue weighted by atomic mass is 10.0. The molecular weight excluding hydrogens is 556 g/mol. The van der Waals surface area contributed by atoms with Gasteiger partial charge in [-0.15, -0.1) is 0 Å². The molecule has 0 bridgehead atoms. The number of methoxy groups -OCH3 is 1. The quantitative estimate of drug-likeness (QED) is 0.158. The third-order valence-corrected chi connectivity index (χ3v) is 7.18. The number of hydrogen-bond acceptors (Lipinski definition) is 9.